The topological polar surface area (TPSA) is 52.7 Å². The number of anilines is 1. The van der Waals surface area contributed by atoms with Crippen molar-refractivity contribution in [1.29, 1.82) is 0 Å². The fraction of sp³-hybridized carbons (Fsp3) is 0.459. The van der Waals surface area contributed by atoms with Crippen molar-refractivity contribution >= 4 is 17.5 Å². The minimum atomic E-state index is -0.525. The third-order valence-corrected chi connectivity index (χ3v) is 9.12. The van der Waals surface area contributed by atoms with Crippen molar-refractivity contribution < 1.29 is 14.0 Å². The molecule has 2 atom stereocenters. The zero-order valence-corrected chi connectivity index (χ0v) is 26.2. The Morgan fingerprint density at radius 1 is 0.930 bits per heavy atom. The molecule has 228 valence electrons. The number of rotatable bonds is 8. The molecule has 6 heteroatoms. The maximum absolute atomic E-state index is 15.0. The Bertz CT molecular complexity index is 1400. The average Bonchev–Trinajstić information content (AvgIpc) is 3.50. The van der Waals surface area contributed by atoms with Crippen LogP contribution in [-0.4, -0.2) is 47.8 Å². The Labute approximate surface area is 256 Å². The summed E-state index contributed by atoms with van der Waals surface area (Å²) < 4.78 is 15.0. The number of piperidine rings is 1. The van der Waals surface area contributed by atoms with Crippen LogP contribution < -0.4 is 5.32 Å². The van der Waals surface area contributed by atoms with Gasteiger partial charge in [-0.3, -0.25) is 9.59 Å². The highest BCUT2D eigenvalue weighted by molar-refractivity contribution is 5.98. The van der Waals surface area contributed by atoms with Gasteiger partial charge < -0.3 is 15.1 Å². The van der Waals surface area contributed by atoms with Crippen molar-refractivity contribution in [2.24, 2.45) is 5.92 Å². The van der Waals surface area contributed by atoms with E-state index in [1.807, 2.05) is 18.2 Å². The van der Waals surface area contributed by atoms with Gasteiger partial charge in [0.05, 0.1) is 17.5 Å². The lowest BCUT2D eigenvalue weighted by Crippen LogP contribution is -2.46. The quantitative estimate of drug-likeness (QED) is 0.296. The summed E-state index contributed by atoms with van der Waals surface area (Å²) in [5.74, 6) is -1.47. The molecule has 0 aliphatic carbocycles. The number of amides is 2. The van der Waals surface area contributed by atoms with Crippen LogP contribution in [0.4, 0.5) is 10.1 Å². The highest BCUT2D eigenvalue weighted by atomic mass is 19.1. The summed E-state index contributed by atoms with van der Waals surface area (Å²) in [6, 6.07) is 20.6. The Kier molecular flexibility index (Phi) is 9.65. The second-order valence-electron chi connectivity index (χ2n) is 13.3. The first-order valence-corrected chi connectivity index (χ1v) is 15.9. The van der Waals surface area contributed by atoms with Gasteiger partial charge in [0, 0.05) is 12.2 Å². The summed E-state index contributed by atoms with van der Waals surface area (Å²) in [6.45, 7) is 12.2. The largest absolute Gasteiger partial charge is 0.331 e. The molecular weight excluding hydrogens is 537 g/mol. The zero-order valence-electron chi connectivity index (χ0n) is 26.2. The molecule has 3 aromatic rings. The molecule has 1 N–H and O–H groups in total. The highest BCUT2D eigenvalue weighted by Gasteiger charge is 2.40. The Morgan fingerprint density at radius 3 is 2.35 bits per heavy atom. The SMILES string of the molecule is Cc1cccc(F)c1C(=O)N1CCCC(C(=O)Nc2cccc(C(C)(C)C)c2)C1c1ccc(CCCN2CCCC2)cc1. The predicted octanol–water partition coefficient (Wildman–Crippen LogP) is 7.69. The number of nitrogens with zero attached hydrogens (tertiary/aromatic N) is 2. The van der Waals surface area contributed by atoms with Crippen molar-refractivity contribution in [3.05, 3.63) is 100 Å². The number of benzene rings is 3. The van der Waals surface area contributed by atoms with Crippen LogP contribution in [0.2, 0.25) is 0 Å². The summed E-state index contributed by atoms with van der Waals surface area (Å²) >= 11 is 0. The van der Waals surface area contributed by atoms with E-state index >= 15 is 4.39 Å². The summed E-state index contributed by atoms with van der Waals surface area (Å²) in [7, 11) is 0. The first-order chi connectivity index (χ1) is 20.6. The van der Waals surface area contributed by atoms with Crippen LogP contribution in [-0.2, 0) is 16.6 Å². The van der Waals surface area contributed by atoms with Gasteiger partial charge in [0.1, 0.15) is 5.82 Å². The van der Waals surface area contributed by atoms with E-state index in [0.717, 1.165) is 36.2 Å². The van der Waals surface area contributed by atoms with E-state index in [0.29, 0.717) is 24.9 Å². The van der Waals surface area contributed by atoms with Crippen LogP contribution in [0.5, 0.6) is 0 Å². The molecular formula is C37H46FN3O2. The summed E-state index contributed by atoms with van der Waals surface area (Å²) in [6.07, 6.45) is 6.02. The maximum atomic E-state index is 15.0. The van der Waals surface area contributed by atoms with E-state index in [-0.39, 0.29) is 22.8 Å². The first kappa shape index (κ1) is 30.9. The standard InChI is InChI=1S/C37H46FN3O2/c1-26-11-7-16-32(38)33(26)36(43)41-24-10-15-31(35(42)39-30-14-8-13-29(25-30)37(2,3)4)34(41)28-19-17-27(18-20-28)12-9-23-40-21-5-6-22-40/h7-8,11,13-14,16-20,25,31,34H,5-6,9-10,12,15,21-24H2,1-4H3,(H,39,42). The fourth-order valence-electron chi connectivity index (χ4n) is 6.65. The smallest absolute Gasteiger partial charge is 0.257 e. The summed E-state index contributed by atoms with van der Waals surface area (Å²) in [5, 5.41) is 3.16. The molecule has 43 heavy (non-hydrogen) atoms. The summed E-state index contributed by atoms with van der Waals surface area (Å²) in [4.78, 5) is 32.2. The Hall–Kier alpha value is -3.51. The lowest BCUT2D eigenvalue weighted by Gasteiger charge is -2.41. The number of nitrogens with one attached hydrogen (secondary N) is 1. The molecule has 2 aliphatic rings. The second-order valence-corrected chi connectivity index (χ2v) is 13.3. The van der Waals surface area contributed by atoms with Gasteiger partial charge in [0.2, 0.25) is 5.91 Å². The molecule has 0 saturated carbocycles. The average molecular weight is 584 g/mol. The number of hydrogen-bond acceptors (Lipinski definition) is 3. The van der Waals surface area contributed by atoms with Crippen molar-refractivity contribution in [2.75, 3.05) is 31.5 Å². The second kappa shape index (κ2) is 13.4. The highest BCUT2D eigenvalue weighted by Crippen LogP contribution is 2.39. The van der Waals surface area contributed by atoms with Crippen molar-refractivity contribution in [2.45, 2.75) is 77.7 Å². The number of halogens is 1. The third-order valence-electron chi connectivity index (χ3n) is 9.12. The van der Waals surface area contributed by atoms with Crippen LogP contribution in [0.25, 0.3) is 0 Å². The van der Waals surface area contributed by atoms with Crippen LogP contribution >= 0.6 is 0 Å². The van der Waals surface area contributed by atoms with E-state index in [2.05, 4.69) is 61.3 Å². The molecule has 3 aromatic carbocycles. The van der Waals surface area contributed by atoms with Gasteiger partial charge in [-0.05, 0) is 111 Å². The molecule has 5 rings (SSSR count). The fourth-order valence-corrected chi connectivity index (χ4v) is 6.65. The number of aryl methyl sites for hydroxylation is 2. The number of hydrogen-bond donors (Lipinski definition) is 1. The maximum Gasteiger partial charge on any atom is 0.257 e. The molecule has 0 spiro atoms. The van der Waals surface area contributed by atoms with Gasteiger partial charge in [-0.25, -0.2) is 4.39 Å². The number of likely N-dealkylation sites (tertiary alicyclic amines) is 2. The molecule has 0 radical (unpaired) electrons. The van der Waals surface area contributed by atoms with Gasteiger partial charge in [-0.15, -0.1) is 0 Å². The van der Waals surface area contributed by atoms with E-state index < -0.39 is 17.8 Å². The van der Waals surface area contributed by atoms with Gasteiger partial charge in [-0.1, -0.05) is 69.3 Å². The van der Waals surface area contributed by atoms with Gasteiger partial charge in [0.25, 0.3) is 5.91 Å². The first-order valence-electron chi connectivity index (χ1n) is 15.9. The van der Waals surface area contributed by atoms with Gasteiger partial charge in [-0.2, -0.15) is 0 Å². The normalized spacial score (nSPS) is 19.4. The van der Waals surface area contributed by atoms with E-state index in [1.54, 1.807) is 24.0 Å². The van der Waals surface area contributed by atoms with Crippen LogP contribution in [0.3, 0.4) is 0 Å². The van der Waals surface area contributed by atoms with Crippen molar-refractivity contribution in [3.8, 4) is 0 Å². The van der Waals surface area contributed by atoms with Gasteiger partial charge in [0.15, 0.2) is 0 Å². The Morgan fingerprint density at radius 2 is 1.65 bits per heavy atom. The van der Waals surface area contributed by atoms with Crippen LogP contribution in [0.1, 0.15) is 91.5 Å². The molecule has 2 unspecified atom stereocenters. The predicted molar refractivity (Wildman–Crippen MR) is 172 cm³/mol. The molecule has 2 aliphatic heterocycles. The van der Waals surface area contributed by atoms with Crippen LogP contribution in [0, 0.1) is 18.7 Å². The molecule has 2 saturated heterocycles. The lowest BCUT2D eigenvalue weighted by atomic mass is 9.82. The van der Waals surface area contributed by atoms with Crippen LogP contribution in [0.15, 0.2) is 66.7 Å². The Balaban J connectivity index is 1.42. The minimum Gasteiger partial charge on any atom is -0.331 e. The molecule has 5 nitrogen and oxygen atoms in total. The lowest BCUT2D eigenvalue weighted by molar-refractivity contribution is -0.123. The molecule has 2 heterocycles. The zero-order chi connectivity index (χ0) is 30.6. The molecule has 0 bridgehead atoms. The van der Waals surface area contributed by atoms with Crippen molar-refractivity contribution in [3.63, 3.8) is 0 Å². The molecule has 2 amide bonds. The van der Waals surface area contributed by atoms with E-state index in [4.69, 9.17) is 0 Å². The monoisotopic (exact) mass is 583 g/mol. The van der Waals surface area contributed by atoms with Crippen molar-refractivity contribution in [1.82, 2.24) is 9.80 Å². The molecule has 0 aromatic heterocycles. The summed E-state index contributed by atoms with van der Waals surface area (Å²) in [5.41, 5.74) is 4.68. The third kappa shape index (κ3) is 7.35. The van der Waals surface area contributed by atoms with E-state index in [1.165, 1.54) is 37.6 Å². The molecule has 2 fully saturated rings. The van der Waals surface area contributed by atoms with E-state index in [9.17, 15) is 9.59 Å². The number of carbonyl (C=O) groups is 2. The van der Waals surface area contributed by atoms with Gasteiger partial charge >= 0.3 is 0 Å². The minimum absolute atomic E-state index is 0.0504. The number of carbonyl (C=O) groups excluding carboxylic acids is 2.